The molecule has 0 fully saturated rings. The Hall–Kier alpha value is -2.29. The number of halogens is 2. The van der Waals surface area contributed by atoms with Crippen LogP contribution < -0.4 is 9.62 Å². The largest absolute Gasteiger partial charge is 0.354 e. The molecule has 33 heavy (non-hydrogen) atoms. The van der Waals surface area contributed by atoms with Crippen LogP contribution in [-0.2, 0) is 26.2 Å². The molecule has 180 valence electrons. The van der Waals surface area contributed by atoms with Gasteiger partial charge in [-0.15, -0.1) is 0 Å². The second kappa shape index (κ2) is 11.7. The second-order valence-corrected chi connectivity index (χ2v) is 10.7. The molecule has 0 aliphatic carbocycles. The van der Waals surface area contributed by atoms with E-state index in [1.54, 1.807) is 6.92 Å². The first-order chi connectivity index (χ1) is 15.4. The van der Waals surface area contributed by atoms with Crippen molar-refractivity contribution in [2.24, 2.45) is 0 Å². The van der Waals surface area contributed by atoms with E-state index >= 15 is 0 Å². The first-order valence-electron chi connectivity index (χ1n) is 10.5. The van der Waals surface area contributed by atoms with Crippen LogP contribution in [0.2, 0.25) is 10.0 Å². The van der Waals surface area contributed by atoms with Crippen LogP contribution in [0.3, 0.4) is 0 Å². The molecule has 1 atom stereocenters. The smallest absolute Gasteiger partial charge is 0.244 e. The molecule has 0 saturated heterocycles. The number of amides is 2. The molecule has 0 spiro atoms. The van der Waals surface area contributed by atoms with Crippen molar-refractivity contribution in [1.29, 1.82) is 0 Å². The average Bonchev–Trinajstić information content (AvgIpc) is 2.71. The van der Waals surface area contributed by atoms with Gasteiger partial charge in [0.05, 0.1) is 11.9 Å². The van der Waals surface area contributed by atoms with Crippen LogP contribution in [0.25, 0.3) is 0 Å². The fourth-order valence-corrected chi connectivity index (χ4v) is 4.63. The zero-order valence-corrected chi connectivity index (χ0v) is 21.5. The van der Waals surface area contributed by atoms with Crippen LogP contribution in [0.15, 0.2) is 42.5 Å². The first-order valence-corrected chi connectivity index (χ1v) is 13.1. The van der Waals surface area contributed by atoms with Crippen molar-refractivity contribution >= 4 is 50.7 Å². The Kier molecular flexibility index (Phi) is 9.57. The van der Waals surface area contributed by atoms with Crippen molar-refractivity contribution in [3.8, 4) is 0 Å². The molecule has 0 bridgehead atoms. The molecule has 2 amide bonds. The van der Waals surface area contributed by atoms with Gasteiger partial charge in [0, 0.05) is 23.1 Å². The number of carbonyl (C=O) groups is 2. The summed E-state index contributed by atoms with van der Waals surface area (Å²) >= 11 is 12.1. The summed E-state index contributed by atoms with van der Waals surface area (Å²) in [5, 5.41) is 3.27. The van der Waals surface area contributed by atoms with E-state index in [1.807, 2.05) is 38.1 Å². The Morgan fingerprint density at radius 3 is 2.27 bits per heavy atom. The van der Waals surface area contributed by atoms with Gasteiger partial charge in [-0.3, -0.25) is 13.9 Å². The number of benzene rings is 2. The minimum Gasteiger partial charge on any atom is -0.354 e. The minimum absolute atomic E-state index is 0.148. The number of sulfonamides is 1. The number of carbonyl (C=O) groups excluding carboxylic acids is 2. The van der Waals surface area contributed by atoms with Gasteiger partial charge in [-0.05, 0) is 44.0 Å². The maximum absolute atomic E-state index is 13.4. The van der Waals surface area contributed by atoms with Crippen LogP contribution in [0.5, 0.6) is 0 Å². The van der Waals surface area contributed by atoms with Gasteiger partial charge in [-0.25, -0.2) is 8.42 Å². The highest BCUT2D eigenvalue weighted by molar-refractivity contribution is 7.92. The standard InChI is InChI=1S/C23H29Cl2N3O4S/c1-5-9-26-23(30)17(3)27(14-18-8-6-7-16(2)10-18)22(29)15-28(33(4,31)32)21-12-19(24)11-20(25)13-21/h6-8,10-13,17H,5,9,14-15H2,1-4H3,(H,26,30)/t17-/m1/s1. The molecule has 10 heteroatoms. The SMILES string of the molecule is CCCNC(=O)[C@@H](C)N(Cc1cccc(C)c1)C(=O)CN(c1cc(Cl)cc(Cl)c1)S(C)(=O)=O. The topological polar surface area (TPSA) is 86.8 Å². The summed E-state index contributed by atoms with van der Waals surface area (Å²) in [5.41, 5.74) is 2.01. The Labute approximate surface area is 205 Å². The van der Waals surface area contributed by atoms with Gasteiger partial charge in [0.2, 0.25) is 21.8 Å². The molecule has 1 N–H and O–H groups in total. The van der Waals surface area contributed by atoms with Crippen LogP contribution in [0, 0.1) is 6.92 Å². The summed E-state index contributed by atoms with van der Waals surface area (Å²) in [6.45, 7) is 5.61. The van der Waals surface area contributed by atoms with Crippen molar-refractivity contribution in [1.82, 2.24) is 10.2 Å². The van der Waals surface area contributed by atoms with Gasteiger partial charge in [0.25, 0.3) is 0 Å². The summed E-state index contributed by atoms with van der Waals surface area (Å²) < 4.78 is 26.0. The van der Waals surface area contributed by atoms with Gasteiger partial charge in [-0.1, -0.05) is 60.0 Å². The van der Waals surface area contributed by atoms with E-state index in [-0.39, 0.29) is 28.2 Å². The van der Waals surface area contributed by atoms with Gasteiger partial charge >= 0.3 is 0 Å². The monoisotopic (exact) mass is 513 g/mol. The van der Waals surface area contributed by atoms with Gasteiger partial charge in [-0.2, -0.15) is 0 Å². The van der Waals surface area contributed by atoms with E-state index in [1.165, 1.54) is 23.1 Å². The third kappa shape index (κ3) is 7.91. The van der Waals surface area contributed by atoms with E-state index in [0.29, 0.717) is 6.54 Å². The second-order valence-electron chi connectivity index (χ2n) is 7.87. The molecule has 0 heterocycles. The van der Waals surface area contributed by atoms with Crippen molar-refractivity contribution in [3.05, 3.63) is 63.6 Å². The summed E-state index contributed by atoms with van der Waals surface area (Å²) in [4.78, 5) is 27.5. The molecule has 0 unspecified atom stereocenters. The third-order valence-electron chi connectivity index (χ3n) is 4.97. The van der Waals surface area contributed by atoms with Gasteiger partial charge in [0.1, 0.15) is 12.6 Å². The Morgan fingerprint density at radius 1 is 1.09 bits per heavy atom. The Morgan fingerprint density at radius 2 is 1.73 bits per heavy atom. The number of rotatable bonds is 10. The summed E-state index contributed by atoms with van der Waals surface area (Å²) in [6.07, 6.45) is 1.75. The maximum atomic E-state index is 13.4. The minimum atomic E-state index is -3.85. The number of hydrogen-bond donors (Lipinski definition) is 1. The zero-order valence-electron chi connectivity index (χ0n) is 19.1. The lowest BCUT2D eigenvalue weighted by atomic mass is 10.1. The highest BCUT2D eigenvalue weighted by Gasteiger charge is 2.30. The fourth-order valence-electron chi connectivity index (χ4n) is 3.28. The molecule has 0 saturated carbocycles. The lowest BCUT2D eigenvalue weighted by Gasteiger charge is -2.31. The Balaban J connectivity index is 2.40. The fraction of sp³-hybridized carbons (Fsp3) is 0.391. The van der Waals surface area contributed by atoms with Crippen molar-refractivity contribution < 1.29 is 18.0 Å². The van der Waals surface area contributed by atoms with E-state index in [2.05, 4.69) is 5.32 Å². The van der Waals surface area contributed by atoms with Crippen LogP contribution >= 0.6 is 23.2 Å². The quantitative estimate of drug-likeness (QED) is 0.519. The van der Waals surface area contributed by atoms with Crippen LogP contribution in [-0.4, -0.2) is 50.5 Å². The lowest BCUT2D eigenvalue weighted by Crippen LogP contribution is -2.51. The first kappa shape index (κ1) is 27.0. The average molecular weight is 514 g/mol. The molecule has 2 aromatic carbocycles. The number of anilines is 1. The molecule has 2 aromatic rings. The van der Waals surface area contributed by atoms with E-state index in [9.17, 15) is 18.0 Å². The van der Waals surface area contributed by atoms with Crippen LogP contribution in [0.4, 0.5) is 5.69 Å². The summed E-state index contributed by atoms with van der Waals surface area (Å²) in [5.74, 6) is -0.841. The predicted molar refractivity (Wildman–Crippen MR) is 133 cm³/mol. The lowest BCUT2D eigenvalue weighted by molar-refractivity contribution is -0.139. The summed E-state index contributed by atoms with van der Waals surface area (Å²) in [7, 11) is -3.85. The summed E-state index contributed by atoms with van der Waals surface area (Å²) in [6, 6.07) is 11.1. The predicted octanol–water partition coefficient (Wildman–Crippen LogP) is 4.01. The number of aryl methyl sites for hydroxylation is 1. The molecule has 7 nitrogen and oxygen atoms in total. The molecular weight excluding hydrogens is 485 g/mol. The highest BCUT2D eigenvalue weighted by atomic mass is 35.5. The molecule has 0 aliphatic heterocycles. The molecule has 0 aromatic heterocycles. The van der Waals surface area contributed by atoms with Crippen LogP contribution in [0.1, 0.15) is 31.4 Å². The van der Waals surface area contributed by atoms with E-state index in [0.717, 1.165) is 28.1 Å². The number of nitrogens with zero attached hydrogens (tertiary/aromatic N) is 2. The number of nitrogens with one attached hydrogen (secondary N) is 1. The normalized spacial score (nSPS) is 12.2. The zero-order chi connectivity index (χ0) is 24.8. The molecule has 0 aliphatic rings. The molecule has 2 rings (SSSR count). The van der Waals surface area contributed by atoms with E-state index < -0.39 is 28.5 Å². The van der Waals surface area contributed by atoms with Crippen molar-refractivity contribution in [3.63, 3.8) is 0 Å². The van der Waals surface area contributed by atoms with Gasteiger partial charge in [0.15, 0.2) is 0 Å². The Bertz CT molecular complexity index is 1090. The number of hydrogen-bond acceptors (Lipinski definition) is 4. The molecule has 0 radical (unpaired) electrons. The highest BCUT2D eigenvalue weighted by Crippen LogP contribution is 2.27. The molecular formula is C23H29Cl2N3O4S. The van der Waals surface area contributed by atoms with Gasteiger partial charge < -0.3 is 10.2 Å². The maximum Gasteiger partial charge on any atom is 0.244 e. The van der Waals surface area contributed by atoms with Crippen molar-refractivity contribution in [2.75, 3.05) is 23.7 Å². The third-order valence-corrected chi connectivity index (χ3v) is 6.54. The van der Waals surface area contributed by atoms with Crippen molar-refractivity contribution in [2.45, 2.75) is 39.8 Å². The van der Waals surface area contributed by atoms with E-state index in [4.69, 9.17) is 23.2 Å².